The number of pyridine rings is 1. The maximum absolute atomic E-state index is 6.57. The lowest BCUT2D eigenvalue weighted by molar-refractivity contribution is 0.302. The third-order valence-corrected chi connectivity index (χ3v) is 5.82. The van der Waals surface area contributed by atoms with Gasteiger partial charge in [0.2, 0.25) is 0 Å². The van der Waals surface area contributed by atoms with Crippen molar-refractivity contribution < 1.29 is 4.74 Å². The molecule has 0 atom stereocenters. The van der Waals surface area contributed by atoms with Gasteiger partial charge in [-0.15, -0.1) is 0 Å². The molecule has 0 bridgehead atoms. The lowest BCUT2D eigenvalue weighted by Gasteiger charge is -2.12. The third kappa shape index (κ3) is 3.93. The van der Waals surface area contributed by atoms with Gasteiger partial charge in [0.25, 0.3) is 0 Å². The summed E-state index contributed by atoms with van der Waals surface area (Å²) < 4.78 is 8.41. The lowest BCUT2D eigenvalue weighted by atomic mass is 10.1. The Labute approximate surface area is 180 Å². The molecule has 150 valence electrons. The summed E-state index contributed by atoms with van der Waals surface area (Å²) in [5.41, 5.74) is 3.51. The Kier molecular flexibility index (Phi) is 5.95. The maximum Gasteiger partial charge on any atom is 0.127 e. The van der Waals surface area contributed by atoms with Crippen molar-refractivity contribution >= 4 is 44.9 Å². The second-order valence-corrected chi connectivity index (χ2v) is 7.90. The molecule has 0 amide bonds. The van der Waals surface area contributed by atoms with Crippen molar-refractivity contribution in [3.8, 4) is 5.75 Å². The van der Waals surface area contributed by atoms with Crippen LogP contribution in [0.4, 0.5) is 0 Å². The van der Waals surface area contributed by atoms with E-state index in [0.717, 1.165) is 40.4 Å². The highest BCUT2D eigenvalue weighted by Crippen LogP contribution is 2.35. The van der Waals surface area contributed by atoms with Gasteiger partial charge in [0.05, 0.1) is 17.1 Å². The van der Waals surface area contributed by atoms with Gasteiger partial charge in [-0.3, -0.25) is 4.98 Å². The number of rotatable bonds is 7. The molecule has 0 aliphatic carbocycles. The summed E-state index contributed by atoms with van der Waals surface area (Å²) in [6.45, 7) is 4.28. The number of aromatic nitrogens is 2. The average molecular weight is 428 g/mol. The molecule has 4 nitrogen and oxygen atoms in total. The number of fused-ring (bicyclic) bond motifs is 2. The van der Waals surface area contributed by atoms with Crippen LogP contribution in [-0.2, 0) is 13.0 Å². The number of benzene rings is 2. The molecule has 0 unspecified atom stereocenters. The Balaban J connectivity index is 1.64. The molecule has 2 heterocycles. The highest BCUT2D eigenvalue weighted by atomic mass is 35.5. The van der Waals surface area contributed by atoms with Crippen molar-refractivity contribution in [1.29, 1.82) is 0 Å². The van der Waals surface area contributed by atoms with Crippen molar-refractivity contribution in [1.82, 2.24) is 14.9 Å². The molecule has 29 heavy (non-hydrogen) atoms. The van der Waals surface area contributed by atoms with Crippen LogP contribution in [0.3, 0.4) is 0 Å². The van der Waals surface area contributed by atoms with Crippen molar-refractivity contribution in [2.75, 3.05) is 20.2 Å². The van der Waals surface area contributed by atoms with Crippen LogP contribution < -0.4 is 10.1 Å². The molecule has 0 radical (unpaired) electrons. The largest absolute Gasteiger partial charge is 0.491 e. The lowest BCUT2D eigenvalue weighted by Crippen LogP contribution is -2.12. The fraction of sp³-hybridized carbons (Fsp3) is 0.261. The third-order valence-electron chi connectivity index (χ3n) is 5.31. The van der Waals surface area contributed by atoms with Crippen LogP contribution in [0.1, 0.15) is 11.3 Å². The quantitative estimate of drug-likeness (QED) is 0.414. The van der Waals surface area contributed by atoms with E-state index in [2.05, 4.69) is 21.8 Å². The van der Waals surface area contributed by atoms with Crippen LogP contribution in [-0.4, -0.2) is 29.8 Å². The molecule has 2 aromatic carbocycles. The smallest absolute Gasteiger partial charge is 0.127 e. The molecule has 4 aromatic rings. The second-order valence-electron chi connectivity index (χ2n) is 7.05. The molecule has 0 fully saturated rings. The molecule has 2 aromatic heterocycles. The summed E-state index contributed by atoms with van der Waals surface area (Å²) in [6.07, 6.45) is 4.55. The minimum atomic E-state index is 0.543. The summed E-state index contributed by atoms with van der Waals surface area (Å²) in [4.78, 5) is 4.18. The van der Waals surface area contributed by atoms with E-state index in [1.807, 2.05) is 49.6 Å². The molecular weight excluding hydrogens is 405 g/mol. The molecule has 0 spiro atoms. The van der Waals surface area contributed by atoms with E-state index in [9.17, 15) is 0 Å². The van der Waals surface area contributed by atoms with Gasteiger partial charge in [-0.2, -0.15) is 0 Å². The minimum absolute atomic E-state index is 0.543. The predicted octanol–water partition coefficient (Wildman–Crippen LogP) is 5.65. The van der Waals surface area contributed by atoms with Crippen molar-refractivity contribution in [2.24, 2.45) is 0 Å². The van der Waals surface area contributed by atoms with Gasteiger partial charge in [0.1, 0.15) is 12.4 Å². The number of ether oxygens (including phenoxy) is 1. The zero-order valence-corrected chi connectivity index (χ0v) is 18.0. The maximum atomic E-state index is 6.57. The Morgan fingerprint density at radius 3 is 2.86 bits per heavy atom. The SMILES string of the molecule is CNCCc1c(C)n(CCOc2cccc3cnccc23)c2cc(Cl)cc(Cl)c12. The van der Waals surface area contributed by atoms with Crippen LogP contribution in [0.15, 0.2) is 48.8 Å². The Hall–Kier alpha value is -2.27. The fourth-order valence-electron chi connectivity index (χ4n) is 3.91. The van der Waals surface area contributed by atoms with Crippen molar-refractivity contribution in [3.05, 3.63) is 70.1 Å². The van der Waals surface area contributed by atoms with Crippen LogP contribution in [0.25, 0.3) is 21.7 Å². The van der Waals surface area contributed by atoms with Crippen LogP contribution in [0, 0.1) is 6.92 Å². The highest BCUT2D eigenvalue weighted by molar-refractivity contribution is 6.38. The molecule has 1 N–H and O–H groups in total. The number of nitrogens with zero attached hydrogens (tertiary/aromatic N) is 2. The Morgan fingerprint density at radius 1 is 1.17 bits per heavy atom. The van der Waals surface area contributed by atoms with E-state index in [1.165, 1.54) is 11.3 Å². The number of nitrogens with one attached hydrogen (secondary N) is 1. The summed E-state index contributed by atoms with van der Waals surface area (Å²) in [5, 5.41) is 7.78. The first-order chi connectivity index (χ1) is 14.1. The summed E-state index contributed by atoms with van der Waals surface area (Å²) >= 11 is 12.9. The molecular formula is C23H23Cl2N3O. The normalized spacial score (nSPS) is 11.4. The fourth-order valence-corrected chi connectivity index (χ4v) is 4.50. The van der Waals surface area contributed by atoms with Gasteiger partial charge in [-0.1, -0.05) is 35.3 Å². The topological polar surface area (TPSA) is 39.1 Å². The van der Waals surface area contributed by atoms with Crippen molar-refractivity contribution in [3.63, 3.8) is 0 Å². The monoisotopic (exact) mass is 427 g/mol. The standard InChI is InChI=1S/C23H23Cl2N3O/c1-15-18(6-8-26-2)23-20(25)12-17(24)13-21(23)28(15)10-11-29-22-5-3-4-16-14-27-9-7-19(16)22/h3-5,7,9,12-14,26H,6,8,10-11H2,1-2H3. The first-order valence-electron chi connectivity index (χ1n) is 9.67. The number of hydrogen-bond donors (Lipinski definition) is 1. The van der Waals surface area contributed by atoms with Gasteiger partial charge in [0.15, 0.2) is 0 Å². The first-order valence-corrected chi connectivity index (χ1v) is 10.4. The molecule has 0 saturated carbocycles. The number of halogens is 2. The number of likely N-dealkylation sites (N-methyl/N-ethyl adjacent to an activating group) is 1. The van der Waals surface area contributed by atoms with E-state index >= 15 is 0 Å². The molecule has 4 rings (SSSR count). The van der Waals surface area contributed by atoms with Crippen molar-refractivity contribution in [2.45, 2.75) is 19.9 Å². The Bertz CT molecular complexity index is 1160. The average Bonchev–Trinajstić information content (AvgIpc) is 2.98. The summed E-state index contributed by atoms with van der Waals surface area (Å²) in [5.74, 6) is 0.866. The van der Waals surface area contributed by atoms with Crippen LogP contribution in [0.5, 0.6) is 5.75 Å². The Morgan fingerprint density at radius 2 is 2.03 bits per heavy atom. The van der Waals surface area contributed by atoms with Gasteiger partial charge in [0, 0.05) is 39.3 Å². The van der Waals surface area contributed by atoms with E-state index in [1.54, 1.807) is 6.20 Å². The number of hydrogen-bond acceptors (Lipinski definition) is 3. The second kappa shape index (κ2) is 8.62. The summed E-state index contributed by atoms with van der Waals surface area (Å²) in [7, 11) is 1.96. The molecule has 0 aliphatic heterocycles. The van der Waals surface area contributed by atoms with Crippen LogP contribution >= 0.6 is 23.2 Å². The zero-order valence-electron chi connectivity index (χ0n) is 16.5. The zero-order chi connectivity index (χ0) is 20.4. The molecule has 0 saturated heterocycles. The first kappa shape index (κ1) is 20.0. The molecule has 0 aliphatic rings. The molecule has 6 heteroatoms. The van der Waals surface area contributed by atoms with Gasteiger partial charge in [-0.05, 0) is 56.8 Å². The van der Waals surface area contributed by atoms with Gasteiger partial charge >= 0.3 is 0 Å². The minimum Gasteiger partial charge on any atom is -0.491 e. The van der Waals surface area contributed by atoms with Gasteiger partial charge < -0.3 is 14.6 Å². The van der Waals surface area contributed by atoms with E-state index in [0.29, 0.717) is 23.2 Å². The van der Waals surface area contributed by atoms with E-state index in [-0.39, 0.29) is 0 Å². The summed E-state index contributed by atoms with van der Waals surface area (Å²) in [6, 6.07) is 11.8. The highest BCUT2D eigenvalue weighted by Gasteiger charge is 2.17. The van der Waals surface area contributed by atoms with Gasteiger partial charge in [-0.25, -0.2) is 0 Å². The van der Waals surface area contributed by atoms with Crippen LogP contribution in [0.2, 0.25) is 10.0 Å². The van der Waals surface area contributed by atoms with E-state index in [4.69, 9.17) is 27.9 Å². The predicted molar refractivity (Wildman–Crippen MR) is 122 cm³/mol. The van der Waals surface area contributed by atoms with E-state index < -0.39 is 0 Å².